The van der Waals surface area contributed by atoms with Crippen LogP contribution in [0.3, 0.4) is 0 Å². The lowest BCUT2D eigenvalue weighted by atomic mass is 10.1. The minimum Gasteiger partial charge on any atom is -0.252 e. The minimum absolute atomic E-state index is 0.759. The lowest BCUT2D eigenvalue weighted by Gasteiger charge is -2.07. The molecule has 1 nitrogen and oxygen atoms in total. The predicted octanol–water partition coefficient (Wildman–Crippen LogP) is 7.33. The van der Waals surface area contributed by atoms with Crippen molar-refractivity contribution >= 4 is 34.3 Å². The van der Waals surface area contributed by atoms with E-state index in [2.05, 4.69) is 57.2 Å². The van der Waals surface area contributed by atoms with Gasteiger partial charge < -0.3 is 0 Å². The third-order valence-corrected chi connectivity index (χ3v) is 5.39. The normalized spacial score (nSPS) is 11.4. The Balaban J connectivity index is 1.92. The second-order valence-corrected chi connectivity index (χ2v) is 7.60. The van der Waals surface area contributed by atoms with Crippen LogP contribution in [0.1, 0.15) is 31.2 Å². The van der Waals surface area contributed by atoms with Gasteiger partial charge in [-0.2, -0.15) is 0 Å². The Morgan fingerprint density at radius 3 is 2.16 bits per heavy atom. The lowest BCUT2D eigenvalue weighted by Crippen LogP contribution is -1.93. The van der Waals surface area contributed by atoms with E-state index in [9.17, 15) is 0 Å². The van der Waals surface area contributed by atoms with Gasteiger partial charge in [0.1, 0.15) is 0 Å². The summed E-state index contributed by atoms with van der Waals surface area (Å²) < 4.78 is 0. The zero-order valence-corrected chi connectivity index (χ0v) is 16.2. The van der Waals surface area contributed by atoms with Crippen molar-refractivity contribution in [3.8, 4) is 10.4 Å². The summed E-state index contributed by atoms with van der Waals surface area (Å²) in [4.78, 5) is 7.33. The van der Waals surface area contributed by atoms with Crippen LogP contribution >= 0.6 is 22.9 Å². The molecule has 0 unspecified atom stereocenters. The van der Waals surface area contributed by atoms with Crippen molar-refractivity contribution < 1.29 is 0 Å². The standard InChI is InChI=1S/C22H20ClNS/c1-15(2)22(18-7-5-4-6-8-18)24-16(3)20-13-14-21(25-20)17-9-11-19(23)12-10-17/h4-14H,1-3H3. The Morgan fingerprint density at radius 1 is 0.840 bits per heavy atom. The van der Waals surface area contributed by atoms with Crippen LogP contribution in [0.15, 0.2) is 77.3 Å². The van der Waals surface area contributed by atoms with E-state index in [1.54, 1.807) is 11.3 Å². The highest BCUT2D eigenvalue weighted by Crippen LogP contribution is 2.30. The molecule has 25 heavy (non-hydrogen) atoms. The average Bonchev–Trinajstić information content (AvgIpc) is 3.11. The summed E-state index contributed by atoms with van der Waals surface area (Å²) >= 11 is 7.73. The fourth-order valence-corrected chi connectivity index (χ4v) is 3.67. The molecule has 0 saturated heterocycles. The molecule has 3 heteroatoms. The van der Waals surface area contributed by atoms with Gasteiger partial charge in [0, 0.05) is 20.3 Å². The number of halogens is 1. The third-order valence-electron chi connectivity index (χ3n) is 3.89. The molecule has 2 aromatic carbocycles. The van der Waals surface area contributed by atoms with E-state index in [4.69, 9.17) is 16.6 Å². The van der Waals surface area contributed by atoms with Gasteiger partial charge in [-0.25, -0.2) is 0 Å². The molecule has 3 rings (SSSR count). The van der Waals surface area contributed by atoms with Crippen LogP contribution in [0.5, 0.6) is 0 Å². The zero-order valence-electron chi connectivity index (χ0n) is 14.6. The highest BCUT2D eigenvalue weighted by Gasteiger charge is 2.08. The van der Waals surface area contributed by atoms with Crippen LogP contribution < -0.4 is 0 Å². The molecule has 0 amide bonds. The number of allylic oxidation sites excluding steroid dienone is 1. The minimum atomic E-state index is 0.759. The van der Waals surface area contributed by atoms with Crippen LogP contribution in [0.25, 0.3) is 16.1 Å². The van der Waals surface area contributed by atoms with Crippen molar-refractivity contribution in [1.82, 2.24) is 0 Å². The quantitative estimate of drug-likeness (QED) is 0.429. The molecular formula is C22H20ClNS. The van der Waals surface area contributed by atoms with Crippen molar-refractivity contribution in [2.75, 3.05) is 0 Å². The molecule has 0 aliphatic carbocycles. The Kier molecular flexibility index (Phi) is 5.52. The van der Waals surface area contributed by atoms with Gasteiger partial charge in [0.25, 0.3) is 0 Å². The maximum atomic E-state index is 5.98. The number of thiophene rings is 1. The Hall–Kier alpha value is -2.16. The van der Waals surface area contributed by atoms with Crippen molar-refractivity contribution in [2.24, 2.45) is 4.99 Å². The van der Waals surface area contributed by atoms with Crippen LogP contribution in [0.4, 0.5) is 0 Å². The number of aliphatic imine (C=N–C) groups is 1. The largest absolute Gasteiger partial charge is 0.252 e. The molecule has 3 aromatic rings. The molecular weight excluding hydrogens is 346 g/mol. The molecule has 0 aliphatic heterocycles. The second kappa shape index (κ2) is 7.81. The Labute approximate surface area is 158 Å². The summed E-state index contributed by atoms with van der Waals surface area (Å²) in [5, 5.41) is 0.759. The van der Waals surface area contributed by atoms with Crippen molar-refractivity contribution in [3.63, 3.8) is 0 Å². The van der Waals surface area contributed by atoms with Gasteiger partial charge in [-0.3, -0.25) is 4.99 Å². The van der Waals surface area contributed by atoms with Gasteiger partial charge >= 0.3 is 0 Å². The molecule has 0 fully saturated rings. The maximum absolute atomic E-state index is 5.98. The lowest BCUT2D eigenvalue weighted by molar-refractivity contribution is 1.33. The fraction of sp³-hybridized carbons (Fsp3) is 0.136. The van der Waals surface area contributed by atoms with E-state index < -0.39 is 0 Å². The van der Waals surface area contributed by atoms with Crippen molar-refractivity contribution in [1.29, 1.82) is 0 Å². The summed E-state index contributed by atoms with van der Waals surface area (Å²) in [6, 6.07) is 22.6. The first-order valence-corrected chi connectivity index (χ1v) is 9.38. The highest BCUT2D eigenvalue weighted by molar-refractivity contribution is 7.17. The number of benzene rings is 2. The van der Waals surface area contributed by atoms with Gasteiger partial charge in [-0.15, -0.1) is 11.3 Å². The van der Waals surface area contributed by atoms with E-state index in [-0.39, 0.29) is 0 Å². The van der Waals surface area contributed by atoms with Gasteiger partial charge in [0.15, 0.2) is 0 Å². The van der Waals surface area contributed by atoms with Crippen molar-refractivity contribution in [2.45, 2.75) is 20.8 Å². The summed E-state index contributed by atoms with van der Waals surface area (Å²) in [7, 11) is 0. The summed E-state index contributed by atoms with van der Waals surface area (Å²) in [5.41, 5.74) is 5.61. The van der Waals surface area contributed by atoms with Crippen LogP contribution in [-0.4, -0.2) is 5.71 Å². The predicted molar refractivity (Wildman–Crippen MR) is 112 cm³/mol. The van der Waals surface area contributed by atoms with Gasteiger partial charge in [0.2, 0.25) is 0 Å². The zero-order chi connectivity index (χ0) is 17.8. The van der Waals surface area contributed by atoms with Crippen LogP contribution in [-0.2, 0) is 0 Å². The van der Waals surface area contributed by atoms with E-state index in [0.29, 0.717) is 0 Å². The van der Waals surface area contributed by atoms with E-state index >= 15 is 0 Å². The molecule has 126 valence electrons. The molecule has 0 spiro atoms. The molecule has 1 heterocycles. The second-order valence-electron chi connectivity index (χ2n) is 6.08. The van der Waals surface area contributed by atoms with Crippen LogP contribution in [0.2, 0.25) is 5.02 Å². The molecule has 0 bridgehead atoms. The average molecular weight is 366 g/mol. The molecule has 0 N–H and O–H groups in total. The molecule has 0 radical (unpaired) electrons. The Bertz CT molecular complexity index is 914. The van der Waals surface area contributed by atoms with E-state index in [1.807, 2.05) is 30.3 Å². The number of hydrogen-bond acceptors (Lipinski definition) is 2. The van der Waals surface area contributed by atoms with Crippen molar-refractivity contribution in [3.05, 3.63) is 87.8 Å². The summed E-state index contributed by atoms with van der Waals surface area (Å²) in [6.45, 7) is 6.28. The topological polar surface area (TPSA) is 12.4 Å². The van der Waals surface area contributed by atoms with Crippen LogP contribution in [0, 0.1) is 0 Å². The van der Waals surface area contributed by atoms with Gasteiger partial charge in [0.05, 0.1) is 11.4 Å². The monoisotopic (exact) mass is 365 g/mol. The number of nitrogens with zero attached hydrogens (tertiary/aromatic N) is 1. The van der Waals surface area contributed by atoms with Gasteiger partial charge in [-0.05, 0) is 50.6 Å². The molecule has 1 aromatic heterocycles. The molecule has 0 atom stereocenters. The van der Waals surface area contributed by atoms with E-state index in [0.717, 1.165) is 22.0 Å². The SMILES string of the molecule is CC(=NC(=C(C)C)c1ccccc1)c1ccc(-c2ccc(Cl)cc2)s1. The maximum Gasteiger partial charge on any atom is 0.0692 e. The fourth-order valence-electron chi connectivity index (χ4n) is 2.59. The first-order valence-electron chi connectivity index (χ1n) is 8.19. The first kappa shape index (κ1) is 17.7. The third kappa shape index (κ3) is 4.28. The van der Waals surface area contributed by atoms with Gasteiger partial charge in [-0.1, -0.05) is 59.6 Å². The molecule has 0 aliphatic rings. The first-order chi connectivity index (χ1) is 12.0. The number of hydrogen-bond donors (Lipinski definition) is 0. The molecule has 0 saturated carbocycles. The number of rotatable bonds is 4. The smallest absolute Gasteiger partial charge is 0.0692 e. The van der Waals surface area contributed by atoms with E-state index in [1.165, 1.54) is 20.9 Å². The Morgan fingerprint density at radius 2 is 1.52 bits per heavy atom. The highest BCUT2D eigenvalue weighted by atomic mass is 35.5. The summed E-state index contributed by atoms with van der Waals surface area (Å²) in [5.74, 6) is 0. The summed E-state index contributed by atoms with van der Waals surface area (Å²) in [6.07, 6.45) is 0.